The van der Waals surface area contributed by atoms with Gasteiger partial charge in [0.2, 0.25) is 4.96 Å². The maximum atomic E-state index is 12.9. The number of thiazole rings is 1. The minimum Gasteiger partial charge on any atom is -0.490 e. The second-order valence-corrected chi connectivity index (χ2v) is 8.12. The molecule has 2 aromatic carbocycles. The molecule has 154 valence electrons. The molecule has 5 rings (SSSR count). The van der Waals surface area contributed by atoms with E-state index in [1.807, 2.05) is 61.5 Å². The first kappa shape index (κ1) is 19.3. The third-order valence-corrected chi connectivity index (χ3v) is 5.93. The van der Waals surface area contributed by atoms with E-state index < -0.39 is 0 Å². The fourth-order valence-electron chi connectivity index (χ4n) is 3.38. The maximum Gasteiger partial charge on any atom is 0.291 e. The molecular weight excluding hydrogens is 410 g/mol. The van der Waals surface area contributed by atoms with E-state index in [2.05, 4.69) is 22.7 Å². The molecule has 1 aliphatic rings. The van der Waals surface area contributed by atoms with Gasteiger partial charge in [0.25, 0.3) is 5.56 Å². The number of hydrogen-bond donors (Lipinski definition) is 0. The van der Waals surface area contributed by atoms with Gasteiger partial charge in [0.1, 0.15) is 24.2 Å². The van der Waals surface area contributed by atoms with E-state index in [0.717, 1.165) is 28.2 Å². The van der Waals surface area contributed by atoms with Gasteiger partial charge in [-0.25, -0.2) is 0 Å². The lowest BCUT2D eigenvalue weighted by Gasteiger charge is -2.22. The summed E-state index contributed by atoms with van der Waals surface area (Å²) in [6.45, 7) is 6.06. The number of aromatic nitrogens is 3. The Bertz CT molecular complexity index is 1420. The molecular formula is C24H19N3O3S. The van der Waals surface area contributed by atoms with Gasteiger partial charge in [-0.1, -0.05) is 42.2 Å². The third-order valence-electron chi connectivity index (χ3n) is 4.97. The van der Waals surface area contributed by atoms with Crippen LogP contribution in [0.2, 0.25) is 0 Å². The summed E-state index contributed by atoms with van der Waals surface area (Å²) in [6, 6.07) is 15.3. The Balaban J connectivity index is 1.48. The molecule has 0 spiro atoms. The maximum absolute atomic E-state index is 12.9. The average molecular weight is 430 g/mol. The van der Waals surface area contributed by atoms with E-state index in [1.165, 1.54) is 15.9 Å². The number of para-hydroxylation sites is 1. The highest BCUT2D eigenvalue weighted by Gasteiger charge is 2.18. The summed E-state index contributed by atoms with van der Waals surface area (Å²) in [6.07, 6.45) is 5.47. The van der Waals surface area contributed by atoms with Crippen molar-refractivity contribution >= 4 is 28.4 Å². The number of rotatable bonds is 5. The highest BCUT2D eigenvalue weighted by atomic mass is 32.1. The van der Waals surface area contributed by atoms with Crippen molar-refractivity contribution in [1.82, 2.24) is 14.6 Å². The Labute approximate surface area is 182 Å². The Morgan fingerprint density at radius 1 is 1.23 bits per heavy atom. The molecule has 0 saturated heterocycles. The second kappa shape index (κ2) is 7.85. The number of nitrogens with zero attached hydrogens (tertiary/aromatic N) is 3. The third kappa shape index (κ3) is 3.64. The van der Waals surface area contributed by atoms with Gasteiger partial charge >= 0.3 is 0 Å². The van der Waals surface area contributed by atoms with Gasteiger partial charge in [0.05, 0.1) is 4.53 Å². The molecule has 1 unspecified atom stereocenters. The van der Waals surface area contributed by atoms with Crippen LogP contribution >= 0.6 is 11.3 Å². The first-order valence-corrected chi connectivity index (χ1v) is 10.7. The largest absolute Gasteiger partial charge is 0.490 e. The summed E-state index contributed by atoms with van der Waals surface area (Å²) in [5, 5.41) is 4.42. The Kier molecular flexibility index (Phi) is 4.88. The van der Waals surface area contributed by atoms with Crippen LogP contribution in [0.25, 0.3) is 28.5 Å². The van der Waals surface area contributed by atoms with Gasteiger partial charge in [-0.05, 0) is 55.0 Å². The van der Waals surface area contributed by atoms with E-state index in [0.29, 0.717) is 21.9 Å². The lowest BCUT2D eigenvalue weighted by molar-refractivity contribution is 0.259. The first-order chi connectivity index (χ1) is 15.1. The number of hydrogen-bond acceptors (Lipinski definition) is 6. The van der Waals surface area contributed by atoms with Crippen molar-refractivity contribution in [1.29, 1.82) is 0 Å². The Morgan fingerprint density at radius 3 is 2.81 bits per heavy atom. The van der Waals surface area contributed by atoms with Crippen molar-refractivity contribution in [3.05, 3.63) is 87.2 Å². The smallest absolute Gasteiger partial charge is 0.291 e. The predicted octanol–water partition coefficient (Wildman–Crippen LogP) is 3.75. The van der Waals surface area contributed by atoms with Crippen LogP contribution in [-0.2, 0) is 0 Å². The Morgan fingerprint density at radius 2 is 2.03 bits per heavy atom. The van der Waals surface area contributed by atoms with Crippen LogP contribution in [0.4, 0.5) is 0 Å². The van der Waals surface area contributed by atoms with E-state index >= 15 is 0 Å². The van der Waals surface area contributed by atoms with Gasteiger partial charge < -0.3 is 9.47 Å². The Hall–Kier alpha value is -3.71. The van der Waals surface area contributed by atoms with E-state index in [4.69, 9.17) is 9.47 Å². The summed E-state index contributed by atoms with van der Waals surface area (Å²) in [5.41, 5.74) is 2.58. The van der Waals surface area contributed by atoms with Crippen LogP contribution in [0.15, 0.2) is 71.6 Å². The molecule has 0 bridgehead atoms. The topological polar surface area (TPSA) is 65.7 Å². The standard InChI is InChI=1S/C24H19N3O3S/c1-3-12-29-19-10-8-16(9-11-19)22-25-24-27(26-22)23(28)21(31-24)14-18-13-17-6-4-5-7-20(17)30-15(18)2/h3-11,13-15H,1,12H2,2H3/b21-14-. The average Bonchev–Trinajstić information content (AvgIpc) is 3.32. The van der Waals surface area contributed by atoms with E-state index in [1.54, 1.807) is 6.08 Å². The van der Waals surface area contributed by atoms with Gasteiger partial charge in [-0.15, -0.1) is 5.10 Å². The number of benzene rings is 2. The zero-order valence-electron chi connectivity index (χ0n) is 16.8. The van der Waals surface area contributed by atoms with Crippen molar-refractivity contribution in [3.8, 4) is 22.9 Å². The molecule has 3 heterocycles. The molecule has 1 aliphatic heterocycles. The SMILES string of the molecule is C=CCOc1ccc(-c2nc3s/c(=C\C4=Cc5ccccc5OC4C)c(=O)n3n2)cc1. The minimum atomic E-state index is -0.184. The highest BCUT2D eigenvalue weighted by molar-refractivity contribution is 7.15. The van der Waals surface area contributed by atoms with Gasteiger partial charge in [0, 0.05) is 11.1 Å². The summed E-state index contributed by atoms with van der Waals surface area (Å²) in [7, 11) is 0. The molecule has 1 atom stereocenters. The molecule has 0 saturated carbocycles. The first-order valence-electron chi connectivity index (χ1n) is 9.85. The quantitative estimate of drug-likeness (QED) is 0.452. The molecule has 0 amide bonds. The molecule has 2 aromatic heterocycles. The van der Waals surface area contributed by atoms with E-state index in [9.17, 15) is 4.79 Å². The normalized spacial score (nSPS) is 16.0. The molecule has 0 fully saturated rings. The van der Waals surface area contributed by atoms with Crippen LogP contribution in [0.3, 0.4) is 0 Å². The predicted molar refractivity (Wildman–Crippen MR) is 122 cm³/mol. The van der Waals surface area contributed by atoms with Crippen molar-refractivity contribution in [3.63, 3.8) is 0 Å². The summed E-state index contributed by atoms with van der Waals surface area (Å²) in [5.74, 6) is 2.10. The zero-order chi connectivity index (χ0) is 21.4. The monoisotopic (exact) mass is 429 g/mol. The summed E-state index contributed by atoms with van der Waals surface area (Å²) < 4.78 is 13.4. The molecule has 31 heavy (non-hydrogen) atoms. The number of fused-ring (bicyclic) bond motifs is 2. The van der Waals surface area contributed by atoms with Crippen molar-refractivity contribution in [2.75, 3.05) is 6.61 Å². The lowest BCUT2D eigenvalue weighted by atomic mass is 10.0. The van der Waals surface area contributed by atoms with Crippen LogP contribution in [-0.4, -0.2) is 27.3 Å². The number of ether oxygens (including phenoxy) is 2. The zero-order valence-corrected chi connectivity index (χ0v) is 17.6. The van der Waals surface area contributed by atoms with E-state index in [-0.39, 0.29) is 11.7 Å². The van der Waals surface area contributed by atoms with Gasteiger partial charge in [0.15, 0.2) is 5.82 Å². The summed E-state index contributed by atoms with van der Waals surface area (Å²) >= 11 is 1.32. The van der Waals surface area contributed by atoms with Gasteiger partial charge in [-0.2, -0.15) is 9.50 Å². The van der Waals surface area contributed by atoms with Gasteiger partial charge in [-0.3, -0.25) is 4.79 Å². The van der Waals surface area contributed by atoms with Crippen molar-refractivity contribution < 1.29 is 9.47 Å². The molecule has 4 aromatic rings. The lowest BCUT2D eigenvalue weighted by Crippen LogP contribution is -2.26. The molecule has 6 nitrogen and oxygen atoms in total. The fraction of sp³-hybridized carbons (Fsp3) is 0.125. The van der Waals surface area contributed by atoms with Crippen molar-refractivity contribution in [2.24, 2.45) is 0 Å². The second-order valence-electron chi connectivity index (χ2n) is 7.11. The molecule has 0 aliphatic carbocycles. The van der Waals surface area contributed by atoms with Crippen molar-refractivity contribution in [2.45, 2.75) is 13.0 Å². The highest BCUT2D eigenvalue weighted by Crippen LogP contribution is 2.29. The van der Waals surface area contributed by atoms with Crippen LogP contribution < -0.4 is 19.6 Å². The van der Waals surface area contributed by atoms with Crippen LogP contribution in [0, 0.1) is 0 Å². The molecule has 0 radical (unpaired) electrons. The van der Waals surface area contributed by atoms with Crippen LogP contribution in [0.5, 0.6) is 11.5 Å². The fourth-order valence-corrected chi connectivity index (χ4v) is 4.29. The molecule has 7 heteroatoms. The van der Waals surface area contributed by atoms with Crippen LogP contribution in [0.1, 0.15) is 12.5 Å². The summed E-state index contributed by atoms with van der Waals surface area (Å²) in [4.78, 5) is 18.0. The molecule has 0 N–H and O–H groups in total. The minimum absolute atomic E-state index is 0.144.